The van der Waals surface area contributed by atoms with Gasteiger partial charge in [0.05, 0.1) is 23.2 Å². The van der Waals surface area contributed by atoms with Crippen LogP contribution in [-0.2, 0) is 16.1 Å². The second-order valence-corrected chi connectivity index (χ2v) is 8.37. The van der Waals surface area contributed by atoms with Crippen molar-refractivity contribution in [1.82, 2.24) is 10.3 Å². The Bertz CT molecular complexity index is 760. The van der Waals surface area contributed by atoms with Gasteiger partial charge in [-0.2, -0.15) is 0 Å². The number of carbonyl (C=O) groups excluding carboxylic acids is 2. The number of hydrogen-bond acceptors (Lipinski definition) is 6. The molecule has 0 fully saturated rings. The van der Waals surface area contributed by atoms with E-state index in [1.54, 1.807) is 11.3 Å². The molecule has 2 aromatic rings. The van der Waals surface area contributed by atoms with Crippen molar-refractivity contribution < 1.29 is 9.59 Å². The monoisotopic (exact) mass is 416 g/mol. The number of amides is 2. The summed E-state index contributed by atoms with van der Waals surface area (Å²) in [7, 11) is 0. The third kappa shape index (κ3) is 5.77. The van der Waals surface area contributed by atoms with Crippen LogP contribution < -0.4 is 16.4 Å². The van der Waals surface area contributed by atoms with Crippen LogP contribution in [0.5, 0.6) is 0 Å². The van der Waals surface area contributed by atoms with Crippen molar-refractivity contribution in [3.63, 3.8) is 0 Å². The van der Waals surface area contributed by atoms with E-state index < -0.39 is 6.04 Å². The number of aromatic nitrogens is 1. The van der Waals surface area contributed by atoms with Crippen LogP contribution >= 0.6 is 35.1 Å². The molecule has 4 N–H and O–H groups in total. The normalized spacial score (nSPS) is 12.8. The lowest BCUT2D eigenvalue weighted by Gasteiger charge is -2.16. The summed E-state index contributed by atoms with van der Waals surface area (Å²) < 4.78 is 0. The third-order valence-electron chi connectivity index (χ3n) is 3.99. The maximum absolute atomic E-state index is 12.2. The van der Waals surface area contributed by atoms with Crippen molar-refractivity contribution in [2.75, 3.05) is 5.32 Å². The molecule has 0 saturated heterocycles. The Morgan fingerprint density at radius 2 is 2.00 bits per heavy atom. The zero-order valence-electron chi connectivity index (χ0n) is 15.3. The molecule has 2 rings (SSSR count). The molecular weight excluding hydrogens is 392 g/mol. The fraction of sp³-hybridized carbons (Fsp3) is 0.471. The first-order chi connectivity index (χ1) is 11.8. The molecule has 2 aromatic heterocycles. The summed E-state index contributed by atoms with van der Waals surface area (Å²) >= 11 is 3.02. The van der Waals surface area contributed by atoms with E-state index in [-0.39, 0.29) is 30.1 Å². The molecule has 9 heteroatoms. The second-order valence-electron chi connectivity index (χ2n) is 6.00. The van der Waals surface area contributed by atoms with Gasteiger partial charge in [-0.1, -0.05) is 20.3 Å². The smallest absolute Gasteiger partial charge is 0.243 e. The number of carbonyl (C=O) groups is 2. The zero-order valence-corrected chi connectivity index (χ0v) is 17.7. The van der Waals surface area contributed by atoms with Gasteiger partial charge in [0.1, 0.15) is 0 Å². The van der Waals surface area contributed by atoms with E-state index in [4.69, 9.17) is 5.73 Å². The average molecular weight is 417 g/mol. The summed E-state index contributed by atoms with van der Waals surface area (Å²) in [5.41, 5.74) is 6.83. The van der Waals surface area contributed by atoms with Gasteiger partial charge in [-0.25, -0.2) is 4.98 Å². The first-order valence-electron chi connectivity index (χ1n) is 8.19. The van der Waals surface area contributed by atoms with Crippen LogP contribution in [-0.4, -0.2) is 22.8 Å². The average Bonchev–Trinajstić information content (AvgIpc) is 3.17. The summed E-state index contributed by atoms with van der Waals surface area (Å²) in [6.07, 6.45) is 0.850. The van der Waals surface area contributed by atoms with Gasteiger partial charge in [-0.15, -0.1) is 35.1 Å². The number of halogens is 1. The second kappa shape index (κ2) is 10.0. The summed E-state index contributed by atoms with van der Waals surface area (Å²) in [5, 5.41) is 6.17. The Morgan fingerprint density at radius 1 is 1.31 bits per heavy atom. The minimum atomic E-state index is -0.538. The maximum atomic E-state index is 12.2. The molecule has 0 bridgehead atoms. The molecule has 0 spiro atoms. The number of anilines is 1. The number of aryl methyl sites for hydroxylation is 1. The first-order valence-corrected chi connectivity index (χ1v) is 9.82. The molecule has 0 aromatic carbocycles. The highest BCUT2D eigenvalue weighted by atomic mass is 35.5. The zero-order chi connectivity index (χ0) is 18.6. The Kier molecular flexibility index (Phi) is 8.69. The van der Waals surface area contributed by atoms with E-state index >= 15 is 0 Å². The highest BCUT2D eigenvalue weighted by Crippen LogP contribution is 2.34. The molecule has 6 nitrogen and oxygen atoms in total. The van der Waals surface area contributed by atoms with Gasteiger partial charge in [-0.05, 0) is 25.0 Å². The summed E-state index contributed by atoms with van der Waals surface area (Å²) in [6.45, 7) is 7.96. The van der Waals surface area contributed by atoms with Crippen LogP contribution in [0.4, 0.5) is 5.13 Å². The summed E-state index contributed by atoms with van der Waals surface area (Å²) in [5.74, 6) is -0.135. The number of nitrogens with one attached hydrogen (secondary N) is 2. The largest absolute Gasteiger partial charge is 0.351 e. The molecular formula is C17H25ClN4O2S2. The SMILES string of the molecule is CCC(C)C(N)C(=O)Nc1nc(-c2ccc(CNC(C)=O)s2)c(C)s1.Cl. The molecule has 0 radical (unpaired) electrons. The minimum Gasteiger partial charge on any atom is -0.351 e. The molecule has 0 aliphatic carbocycles. The van der Waals surface area contributed by atoms with Crippen molar-refractivity contribution >= 4 is 52.0 Å². The first kappa shape index (κ1) is 22.6. The van der Waals surface area contributed by atoms with Crippen LogP contribution in [0.15, 0.2) is 12.1 Å². The predicted molar refractivity (Wildman–Crippen MR) is 111 cm³/mol. The van der Waals surface area contributed by atoms with E-state index in [2.05, 4.69) is 15.6 Å². The van der Waals surface area contributed by atoms with E-state index in [0.717, 1.165) is 26.7 Å². The molecule has 0 aliphatic rings. The van der Waals surface area contributed by atoms with Crippen LogP contribution in [0.3, 0.4) is 0 Å². The van der Waals surface area contributed by atoms with Crippen molar-refractivity contribution in [2.24, 2.45) is 11.7 Å². The fourth-order valence-electron chi connectivity index (χ4n) is 2.19. The Morgan fingerprint density at radius 3 is 2.62 bits per heavy atom. The van der Waals surface area contributed by atoms with Crippen molar-refractivity contribution in [2.45, 2.75) is 46.7 Å². The lowest BCUT2D eigenvalue weighted by atomic mass is 10.00. The molecule has 2 heterocycles. The molecule has 0 aliphatic heterocycles. The summed E-state index contributed by atoms with van der Waals surface area (Å²) in [4.78, 5) is 30.9. The van der Waals surface area contributed by atoms with Gasteiger partial charge >= 0.3 is 0 Å². The van der Waals surface area contributed by atoms with Gasteiger partial charge in [-0.3, -0.25) is 9.59 Å². The van der Waals surface area contributed by atoms with Crippen molar-refractivity contribution in [1.29, 1.82) is 0 Å². The number of rotatable bonds is 7. The van der Waals surface area contributed by atoms with Crippen LogP contribution in [0.25, 0.3) is 10.6 Å². The lowest BCUT2D eigenvalue weighted by Crippen LogP contribution is -2.40. The third-order valence-corrected chi connectivity index (χ3v) is 5.97. The quantitative estimate of drug-likeness (QED) is 0.642. The topological polar surface area (TPSA) is 97.1 Å². The van der Waals surface area contributed by atoms with E-state index in [1.807, 2.05) is 32.9 Å². The number of thiophene rings is 1. The standard InChI is InChI=1S/C17H24N4O2S2.ClH/c1-5-9(2)14(18)16(23)21-17-20-15(10(3)24-17)13-7-6-12(25-13)8-19-11(4)22;/h6-7,9,14H,5,8,18H2,1-4H3,(H,19,22)(H,20,21,23);1H. The van der Waals surface area contributed by atoms with Crippen LogP contribution in [0.1, 0.15) is 36.9 Å². The molecule has 2 atom stereocenters. The van der Waals surface area contributed by atoms with Gasteiger partial charge < -0.3 is 16.4 Å². The highest BCUT2D eigenvalue weighted by Gasteiger charge is 2.21. The molecule has 26 heavy (non-hydrogen) atoms. The Balaban J connectivity index is 0.00000338. The van der Waals surface area contributed by atoms with Crippen molar-refractivity contribution in [3.05, 3.63) is 21.9 Å². The number of hydrogen-bond donors (Lipinski definition) is 3. The lowest BCUT2D eigenvalue weighted by molar-refractivity contribution is -0.119. The van der Waals surface area contributed by atoms with Crippen molar-refractivity contribution in [3.8, 4) is 10.6 Å². The number of nitrogens with zero attached hydrogens (tertiary/aromatic N) is 1. The van der Waals surface area contributed by atoms with E-state index in [1.165, 1.54) is 18.3 Å². The van der Waals surface area contributed by atoms with E-state index in [9.17, 15) is 9.59 Å². The molecule has 2 amide bonds. The summed E-state index contributed by atoms with van der Waals surface area (Å²) in [6, 6.07) is 3.43. The van der Waals surface area contributed by atoms with Gasteiger partial charge in [0.25, 0.3) is 0 Å². The van der Waals surface area contributed by atoms with E-state index in [0.29, 0.717) is 11.7 Å². The number of thiazole rings is 1. The van der Waals surface area contributed by atoms with Crippen LogP contribution in [0, 0.1) is 12.8 Å². The fourth-order valence-corrected chi connectivity index (χ4v) is 4.08. The number of nitrogens with two attached hydrogens (primary N) is 1. The molecule has 144 valence electrons. The Labute approximate surface area is 168 Å². The minimum absolute atomic E-state index is 0. The molecule has 0 saturated carbocycles. The van der Waals surface area contributed by atoms with Gasteiger partial charge in [0, 0.05) is 16.7 Å². The maximum Gasteiger partial charge on any atom is 0.243 e. The van der Waals surface area contributed by atoms with Crippen LogP contribution in [0.2, 0.25) is 0 Å². The predicted octanol–water partition coefficient (Wildman–Crippen LogP) is 3.55. The van der Waals surface area contributed by atoms with Gasteiger partial charge in [0.2, 0.25) is 11.8 Å². The Hall–Kier alpha value is -1.48. The highest BCUT2D eigenvalue weighted by molar-refractivity contribution is 7.18. The van der Waals surface area contributed by atoms with Gasteiger partial charge in [0.15, 0.2) is 5.13 Å². The molecule has 2 unspecified atom stereocenters.